The second-order valence-electron chi connectivity index (χ2n) is 3.47. The van der Waals surface area contributed by atoms with Gasteiger partial charge in [-0.05, 0) is 37.1 Å². The third-order valence-electron chi connectivity index (χ3n) is 2.07. The molecule has 90 valence electrons. The predicted molar refractivity (Wildman–Crippen MR) is 53.8 cm³/mol. The molecule has 0 atom stereocenters. The highest BCUT2D eigenvalue weighted by atomic mass is 19.3. The molecular formula is C11H9F2NO3. The van der Waals surface area contributed by atoms with E-state index in [9.17, 15) is 13.6 Å². The minimum Gasteiger partial charge on any atom is -0.474 e. The van der Waals surface area contributed by atoms with E-state index in [2.05, 4.69) is 4.74 Å². The van der Waals surface area contributed by atoms with Crippen LogP contribution in [0.25, 0.3) is 0 Å². The topological polar surface area (TPSA) is 70.3 Å². The summed E-state index contributed by atoms with van der Waals surface area (Å²) in [7, 11) is 0. The zero-order chi connectivity index (χ0) is 13.2. The second-order valence-corrected chi connectivity index (χ2v) is 3.47. The number of alkyl halides is 2. The minimum absolute atomic E-state index is 0.226. The first-order chi connectivity index (χ1) is 7.77. The number of ether oxygens (including phenoxy) is 1. The summed E-state index contributed by atoms with van der Waals surface area (Å²) >= 11 is 0. The van der Waals surface area contributed by atoms with Gasteiger partial charge in [0.05, 0.1) is 11.6 Å². The summed E-state index contributed by atoms with van der Waals surface area (Å²) in [6.45, 7) is 2.92. The van der Waals surface area contributed by atoms with Crippen LogP contribution in [0.1, 0.15) is 16.7 Å². The Bertz CT molecular complexity index is 483. The number of benzene rings is 1. The number of nitrogens with zero attached hydrogens (tertiary/aromatic N) is 1. The Hall–Kier alpha value is -2.16. The van der Waals surface area contributed by atoms with Crippen LogP contribution in [0.15, 0.2) is 12.1 Å². The molecule has 0 amide bonds. The van der Waals surface area contributed by atoms with E-state index in [4.69, 9.17) is 10.4 Å². The van der Waals surface area contributed by atoms with E-state index in [1.165, 1.54) is 26.0 Å². The number of carboxylic acid groups (broad SMARTS) is 1. The van der Waals surface area contributed by atoms with Crippen molar-refractivity contribution in [2.75, 3.05) is 0 Å². The highest BCUT2D eigenvalue weighted by Crippen LogP contribution is 2.29. The number of nitriles is 1. The number of carbonyl (C=O) groups is 1. The lowest BCUT2D eigenvalue weighted by molar-refractivity contribution is -0.211. The van der Waals surface area contributed by atoms with Gasteiger partial charge in [-0.1, -0.05) is 0 Å². The van der Waals surface area contributed by atoms with Crippen LogP contribution in [0.4, 0.5) is 8.78 Å². The summed E-state index contributed by atoms with van der Waals surface area (Å²) in [6, 6.07) is 4.56. The molecule has 1 rings (SSSR count). The maximum Gasteiger partial charge on any atom is 0.501 e. The van der Waals surface area contributed by atoms with Crippen molar-refractivity contribution in [1.29, 1.82) is 5.26 Å². The standard InChI is InChI=1S/C11H9F2NO3/c1-6-3-8(5-14)4-7(2)9(6)17-11(12,13)10(15)16/h3-4H,1-2H3,(H,15,16). The fraction of sp³-hybridized carbons (Fsp3) is 0.273. The molecule has 0 aliphatic heterocycles. The summed E-state index contributed by atoms with van der Waals surface area (Å²) in [4.78, 5) is 10.2. The van der Waals surface area contributed by atoms with Gasteiger partial charge in [-0.25, -0.2) is 4.79 Å². The van der Waals surface area contributed by atoms with Crippen LogP contribution in [-0.2, 0) is 4.79 Å². The molecule has 4 nitrogen and oxygen atoms in total. The maximum absolute atomic E-state index is 12.9. The average molecular weight is 241 g/mol. The quantitative estimate of drug-likeness (QED) is 0.880. The first-order valence-electron chi connectivity index (χ1n) is 4.59. The Balaban J connectivity index is 3.17. The van der Waals surface area contributed by atoms with Crippen molar-refractivity contribution in [2.24, 2.45) is 0 Å². The molecule has 0 saturated carbocycles. The summed E-state index contributed by atoms with van der Waals surface area (Å²) in [5.74, 6) is -2.59. The number of carboxylic acids is 1. The van der Waals surface area contributed by atoms with E-state index >= 15 is 0 Å². The van der Waals surface area contributed by atoms with Crippen LogP contribution in [0.3, 0.4) is 0 Å². The molecule has 1 aromatic rings. The van der Waals surface area contributed by atoms with Gasteiger partial charge in [-0.15, -0.1) is 0 Å². The Morgan fingerprint density at radius 2 is 1.88 bits per heavy atom. The van der Waals surface area contributed by atoms with Crippen LogP contribution in [0, 0.1) is 25.2 Å². The number of halogens is 2. The molecule has 6 heteroatoms. The summed E-state index contributed by atoms with van der Waals surface area (Å²) in [5.41, 5.74) is 0.857. The number of hydrogen-bond acceptors (Lipinski definition) is 3. The molecule has 0 radical (unpaired) electrons. The number of hydrogen-bond donors (Lipinski definition) is 1. The molecule has 17 heavy (non-hydrogen) atoms. The molecular weight excluding hydrogens is 232 g/mol. The van der Waals surface area contributed by atoms with Crippen molar-refractivity contribution in [2.45, 2.75) is 20.0 Å². The SMILES string of the molecule is Cc1cc(C#N)cc(C)c1OC(F)(F)C(=O)O. The van der Waals surface area contributed by atoms with Gasteiger partial charge in [-0.2, -0.15) is 14.0 Å². The van der Waals surface area contributed by atoms with Crippen LogP contribution >= 0.6 is 0 Å². The van der Waals surface area contributed by atoms with Gasteiger partial charge < -0.3 is 9.84 Å². The summed E-state index contributed by atoms with van der Waals surface area (Å²) in [6.07, 6.45) is -4.29. The molecule has 0 bridgehead atoms. The van der Waals surface area contributed by atoms with Crippen molar-refractivity contribution < 1.29 is 23.4 Å². The Labute approximate surface area is 96.0 Å². The lowest BCUT2D eigenvalue weighted by Gasteiger charge is -2.17. The van der Waals surface area contributed by atoms with Crippen molar-refractivity contribution in [3.63, 3.8) is 0 Å². The number of aliphatic carboxylic acids is 1. The largest absolute Gasteiger partial charge is 0.501 e. The first-order valence-corrected chi connectivity index (χ1v) is 4.59. The van der Waals surface area contributed by atoms with Gasteiger partial charge in [-0.3, -0.25) is 0 Å². The predicted octanol–water partition coefficient (Wildman–Crippen LogP) is 2.23. The van der Waals surface area contributed by atoms with Gasteiger partial charge in [0.25, 0.3) is 0 Å². The molecule has 0 spiro atoms. The fourth-order valence-electron chi connectivity index (χ4n) is 1.35. The normalized spacial score (nSPS) is 10.8. The number of rotatable bonds is 3. The Morgan fingerprint density at radius 3 is 2.24 bits per heavy atom. The smallest absolute Gasteiger partial charge is 0.474 e. The first kappa shape index (κ1) is 12.9. The fourth-order valence-corrected chi connectivity index (χ4v) is 1.35. The lowest BCUT2D eigenvalue weighted by atomic mass is 10.1. The van der Waals surface area contributed by atoms with Gasteiger partial charge in [0.1, 0.15) is 5.75 Å². The van der Waals surface area contributed by atoms with Crippen LogP contribution < -0.4 is 4.74 Å². The molecule has 0 fully saturated rings. The van der Waals surface area contributed by atoms with Crippen LogP contribution in [-0.4, -0.2) is 17.2 Å². The molecule has 0 aliphatic carbocycles. The zero-order valence-corrected chi connectivity index (χ0v) is 9.12. The third kappa shape index (κ3) is 2.69. The molecule has 0 aromatic heterocycles. The van der Waals surface area contributed by atoms with E-state index in [0.29, 0.717) is 5.56 Å². The third-order valence-corrected chi connectivity index (χ3v) is 2.07. The lowest BCUT2D eigenvalue weighted by Crippen LogP contribution is -2.35. The van der Waals surface area contributed by atoms with Gasteiger partial charge in [0.15, 0.2) is 0 Å². The summed E-state index contributed by atoms with van der Waals surface area (Å²) in [5, 5.41) is 16.9. The molecule has 0 unspecified atom stereocenters. The van der Waals surface area contributed by atoms with E-state index in [1.807, 2.05) is 6.07 Å². The molecule has 1 N–H and O–H groups in total. The van der Waals surface area contributed by atoms with Crippen LogP contribution in [0.2, 0.25) is 0 Å². The van der Waals surface area contributed by atoms with E-state index in [-0.39, 0.29) is 16.9 Å². The summed E-state index contributed by atoms with van der Waals surface area (Å²) < 4.78 is 30.0. The van der Waals surface area contributed by atoms with E-state index < -0.39 is 12.1 Å². The zero-order valence-electron chi connectivity index (χ0n) is 9.12. The molecule has 1 aromatic carbocycles. The van der Waals surface area contributed by atoms with Gasteiger partial charge in [0.2, 0.25) is 0 Å². The minimum atomic E-state index is -4.29. The second kappa shape index (κ2) is 4.37. The highest BCUT2D eigenvalue weighted by molar-refractivity contribution is 5.74. The Morgan fingerprint density at radius 1 is 1.41 bits per heavy atom. The molecule has 0 heterocycles. The highest BCUT2D eigenvalue weighted by Gasteiger charge is 2.43. The van der Waals surface area contributed by atoms with Crippen LogP contribution in [0.5, 0.6) is 5.75 Å². The van der Waals surface area contributed by atoms with Crippen molar-refractivity contribution in [3.8, 4) is 11.8 Å². The van der Waals surface area contributed by atoms with E-state index in [0.717, 1.165) is 0 Å². The van der Waals surface area contributed by atoms with E-state index in [1.54, 1.807) is 0 Å². The van der Waals surface area contributed by atoms with Gasteiger partial charge in [0, 0.05) is 0 Å². The molecule has 0 aliphatic rings. The van der Waals surface area contributed by atoms with Crippen molar-refractivity contribution in [3.05, 3.63) is 28.8 Å². The monoisotopic (exact) mass is 241 g/mol. The van der Waals surface area contributed by atoms with Crippen molar-refractivity contribution >= 4 is 5.97 Å². The Kier molecular flexibility index (Phi) is 3.32. The average Bonchev–Trinajstić information content (AvgIpc) is 2.22. The van der Waals surface area contributed by atoms with Crippen molar-refractivity contribution in [1.82, 2.24) is 0 Å². The maximum atomic E-state index is 12.9. The van der Waals surface area contributed by atoms with Gasteiger partial charge >= 0.3 is 12.1 Å². The molecule has 0 saturated heterocycles. The number of aryl methyl sites for hydroxylation is 2.